The molecule has 1 unspecified atom stereocenters. The first-order valence-corrected chi connectivity index (χ1v) is 10.0. The number of carbonyl (C=O) groups is 1. The largest absolute Gasteiger partial charge is 0.611 e. The molecule has 0 aromatic heterocycles. The zero-order valence-electron chi connectivity index (χ0n) is 16.2. The molecule has 1 aromatic carbocycles. The Bertz CT molecular complexity index is 860. The van der Waals surface area contributed by atoms with E-state index in [-0.39, 0.29) is 11.3 Å². The van der Waals surface area contributed by atoms with Crippen LogP contribution in [0, 0.1) is 11.8 Å². The summed E-state index contributed by atoms with van der Waals surface area (Å²) in [4.78, 5) is 20.4. The summed E-state index contributed by atoms with van der Waals surface area (Å²) in [6, 6.07) is 5.73. The summed E-state index contributed by atoms with van der Waals surface area (Å²) >= 11 is -0.951. The smallest absolute Gasteiger partial charge is 0.335 e. The van der Waals surface area contributed by atoms with Gasteiger partial charge in [0.15, 0.2) is 4.90 Å². The van der Waals surface area contributed by atoms with Crippen LogP contribution in [0.4, 0.5) is 0 Å². The van der Waals surface area contributed by atoms with Crippen molar-refractivity contribution in [1.82, 2.24) is 0 Å². The fraction of sp³-hybridized carbons (Fsp3) is 0.381. The van der Waals surface area contributed by atoms with Gasteiger partial charge in [0.25, 0.3) is 0 Å². The van der Waals surface area contributed by atoms with E-state index in [1.165, 1.54) is 6.20 Å². The number of carbonyl (C=O) groups excluding carboxylic acids is 1. The summed E-state index contributed by atoms with van der Waals surface area (Å²) in [6.45, 7) is 11.4. The third-order valence-electron chi connectivity index (χ3n) is 4.31. The van der Waals surface area contributed by atoms with Crippen LogP contribution in [0.25, 0.3) is 0 Å². The van der Waals surface area contributed by atoms with E-state index in [1.807, 2.05) is 18.2 Å². The van der Waals surface area contributed by atoms with E-state index in [0.29, 0.717) is 17.9 Å². The minimum absolute atomic E-state index is 0.0337. The SMILES string of the molecule is C=N/C(C#Cc1ccc2c(c1)C(C)(C)CC[S+]2[O-])=N\C=C(/C)C(=O)OCC. The van der Waals surface area contributed by atoms with Crippen molar-refractivity contribution in [2.45, 2.75) is 44.4 Å². The highest BCUT2D eigenvalue weighted by Crippen LogP contribution is 2.38. The third kappa shape index (κ3) is 5.31. The summed E-state index contributed by atoms with van der Waals surface area (Å²) in [5.74, 6) is 6.34. The second-order valence-corrected chi connectivity index (χ2v) is 8.33. The lowest BCUT2D eigenvalue weighted by Crippen LogP contribution is -2.30. The molecule has 6 heteroatoms. The van der Waals surface area contributed by atoms with Crippen LogP contribution < -0.4 is 0 Å². The molecule has 0 saturated heterocycles. The third-order valence-corrected chi connectivity index (χ3v) is 5.73. The molecule has 0 fully saturated rings. The Morgan fingerprint density at radius 1 is 1.48 bits per heavy atom. The molecular formula is C21H24N2O3S. The first kappa shape index (κ1) is 20.9. The van der Waals surface area contributed by atoms with Crippen LogP contribution in [0.3, 0.4) is 0 Å². The van der Waals surface area contributed by atoms with Crippen molar-refractivity contribution in [3.63, 3.8) is 0 Å². The van der Waals surface area contributed by atoms with Crippen molar-refractivity contribution in [1.29, 1.82) is 0 Å². The van der Waals surface area contributed by atoms with E-state index >= 15 is 0 Å². The van der Waals surface area contributed by atoms with Crippen molar-refractivity contribution in [2.75, 3.05) is 12.4 Å². The summed E-state index contributed by atoms with van der Waals surface area (Å²) in [7, 11) is 0. The highest BCUT2D eigenvalue weighted by molar-refractivity contribution is 7.91. The van der Waals surface area contributed by atoms with Crippen LogP contribution in [0.2, 0.25) is 0 Å². The van der Waals surface area contributed by atoms with Crippen LogP contribution in [0.5, 0.6) is 0 Å². The topological polar surface area (TPSA) is 74.1 Å². The van der Waals surface area contributed by atoms with Gasteiger partial charge in [-0.3, -0.25) is 0 Å². The van der Waals surface area contributed by atoms with Crippen molar-refractivity contribution in [2.24, 2.45) is 9.98 Å². The number of benzene rings is 1. The summed E-state index contributed by atoms with van der Waals surface area (Å²) < 4.78 is 17.1. The van der Waals surface area contributed by atoms with E-state index in [9.17, 15) is 9.35 Å². The van der Waals surface area contributed by atoms with Crippen molar-refractivity contribution in [3.8, 4) is 11.8 Å². The van der Waals surface area contributed by atoms with Crippen molar-refractivity contribution in [3.05, 3.63) is 41.1 Å². The number of hydrogen-bond donors (Lipinski definition) is 0. The van der Waals surface area contributed by atoms with Crippen LogP contribution >= 0.6 is 0 Å². The zero-order chi connectivity index (χ0) is 20.0. The second-order valence-electron chi connectivity index (χ2n) is 6.79. The van der Waals surface area contributed by atoms with E-state index in [4.69, 9.17) is 4.74 Å². The highest BCUT2D eigenvalue weighted by Gasteiger charge is 2.35. The molecule has 0 saturated carbocycles. The molecule has 27 heavy (non-hydrogen) atoms. The lowest BCUT2D eigenvalue weighted by molar-refractivity contribution is -0.138. The molecular weight excluding hydrogens is 360 g/mol. The zero-order valence-corrected chi connectivity index (χ0v) is 17.0. The van der Waals surface area contributed by atoms with E-state index < -0.39 is 17.1 Å². The summed E-state index contributed by atoms with van der Waals surface area (Å²) in [5.41, 5.74) is 2.19. The highest BCUT2D eigenvalue weighted by atomic mass is 32.2. The van der Waals surface area contributed by atoms with Crippen LogP contribution in [0.1, 0.15) is 45.2 Å². The summed E-state index contributed by atoms with van der Waals surface area (Å²) in [6.07, 6.45) is 2.25. The summed E-state index contributed by atoms with van der Waals surface area (Å²) in [5, 5.41) is 0. The quantitative estimate of drug-likeness (QED) is 0.200. The number of aliphatic imine (C=N–C) groups is 2. The van der Waals surface area contributed by atoms with Gasteiger partial charge in [0.05, 0.1) is 12.2 Å². The molecule has 1 aliphatic heterocycles. The molecule has 1 aromatic rings. The molecule has 0 N–H and O–H groups in total. The van der Waals surface area contributed by atoms with Crippen molar-refractivity contribution < 1.29 is 14.1 Å². The van der Waals surface area contributed by atoms with E-state index in [1.54, 1.807) is 13.8 Å². The maximum absolute atomic E-state index is 12.2. The van der Waals surface area contributed by atoms with Gasteiger partial charge in [-0.1, -0.05) is 19.8 Å². The Morgan fingerprint density at radius 3 is 2.89 bits per heavy atom. The Hall–Kier alpha value is -2.36. The minimum Gasteiger partial charge on any atom is -0.611 e. The van der Waals surface area contributed by atoms with Crippen LogP contribution in [-0.4, -0.2) is 35.4 Å². The average Bonchev–Trinajstić information content (AvgIpc) is 2.65. The standard InChI is InChI=1S/C21H24N2O3S/c1-6-26-20(24)15(2)14-23-19(22-5)10-8-16-7-9-18-17(13-16)21(3,4)11-12-27(18)25/h7,9,13-14H,5-6,11-12H2,1-4H3/b15-14+,23-19-. The monoisotopic (exact) mass is 384 g/mol. The number of ether oxygens (including phenoxy) is 1. The molecule has 0 bridgehead atoms. The normalized spacial score (nSPS) is 18.8. The average molecular weight is 385 g/mol. The predicted octanol–water partition coefficient (Wildman–Crippen LogP) is 3.39. The lowest BCUT2D eigenvalue weighted by Gasteiger charge is -2.32. The number of amidine groups is 1. The number of nitrogens with zero attached hydrogens (tertiary/aromatic N) is 2. The number of rotatable bonds is 3. The Morgan fingerprint density at radius 2 is 2.22 bits per heavy atom. The van der Waals surface area contributed by atoms with Gasteiger partial charge in [0.2, 0.25) is 5.84 Å². The molecule has 0 aliphatic carbocycles. The van der Waals surface area contributed by atoms with Crippen LogP contribution in [-0.2, 0) is 26.1 Å². The fourth-order valence-electron chi connectivity index (χ4n) is 2.62. The van der Waals surface area contributed by atoms with Gasteiger partial charge < -0.3 is 9.29 Å². The predicted molar refractivity (Wildman–Crippen MR) is 110 cm³/mol. The Labute approximate surface area is 163 Å². The lowest BCUT2D eigenvalue weighted by atomic mass is 9.81. The molecule has 0 radical (unpaired) electrons. The molecule has 142 valence electrons. The number of fused-ring (bicyclic) bond motifs is 1. The van der Waals surface area contributed by atoms with E-state index in [2.05, 4.69) is 42.4 Å². The first-order chi connectivity index (χ1) is 12.8. The molecule has 2 rings (SSSR count). The van der Waals surface area contributed by atoms with Gasteiger partial charge in [-0.2, -0.15) is 0 Å². The molecule has 1 heterocycles. The maximum Gasteiger partial charge on any atom is 0.335 e. The van der Waals surface area contributed by atoms with E-state index in [0.717, 1.165) is 22.4 Å². The van der Waals surface area contributed by atoms with Crippen molar-refractivity contribution >= 4 is 29.7 Å². The molecule has 1 aliphatic rings. The van der Waals surface area contributed by atoms with Gasteiger partial charge in [-0.05, 0) is 61.3 Å². The molecule has 1 atom stereocenters. The van der Waals surface area contributed by atoms with Gasteiger partial charge in [0, 0.05) is 23.7 Å². The Balaban J connectivity index is 2.28. The fourth-order valence-corrected chi connectivity index (χ4v) is 4.34. The van der Waals surface area contributed by atoms with Gasteiger partial charge in [0.1, 0.15) is 5.75 Å². The number of hydrogen-bond acceptors (Lipinski definition) is 4. The van der Waals surface area contributed by atoms with Gasteiger partial charge in [-0.25, -0.2) is 14.8 Å². The molecule has 5 nitrogen and oxygen atoms in total. The maximum atomic E-state index is 12.2. The van der Waals surface area contributed by atoms with Gasteiger partial charge >= 0.3 is 5.97 Å². The molecule has 0 amide bonds. The molecule has 0 spiro atoms. The number of esters is 1. The van der Waals surface area contributed by atoms with Gasteiger partial charge in [-0.15, -0.1) is 0 Å². The first-order valence-electron chi connectivity index (χ1n) is 8.72. The second kappa shape index (κ2) is 9.03. The van der Waals surface area contributed by atoms with Crippen LogP contribution in [0.15, 0.2) is 44.9 Å². The minimum atomic E-state index is -0.951. The Kier molecular flexibility index (Phi) is 7.00.